The lowest BCUT2D eigenvalue weighted by Crippen LogP contribution is -2.39. The fourth-order valence-electron chi connectivity index (χ4n) is 12.6. The maximum Gasteiger partial charge on any atom is 0.231 e. The molecule has 3 heteroatoms. The Kier molecular flexibility index (Phi) is 7.05. The highest BCUT2D eigenvalue weighted by atomic mass is 16.3. The van der Waals surface area contributed by atoms with E-state index in [1.807, 2.05) is 18.2 Å². The van der Waals surface area contributed by atoms with E-state index in [1.165, 1.54) is 81.8 Å². The summed E-state index contributed by atoms with van der Waals surface area (Å²) in [5.41, 5.74) is 15.9. The molecule has 5 aromatic carbocycles. The van der Waals surface area contributed by atoms with E-state index in [-0.39, 0.29) is 5.41 Å². The van der Waals surface area contributed by atoms with Crippen molar-refractivity contribution in [3.63, 3.8) is 0 Å². The van der Waals surface area contributed by atoms with Crippen LogP contribution in [0.2, 0.25) is 0 Å². The Morgan fingerprint density at radius 3 is 2.07 bits per heavy atom. The van der Waals surface area contributed by atoms with E-state index in [0.29, 0.717) is 34.7 Å². The van der Waals surface area contributed by atoms with Gasteiger partial charge in [0.2, 0.25) is 5.71 Å². The molecule has 0 bridgehead atoms. The van der Waals surface area contributed by atoms with E-state index in [9.17, 15) is 0 Å². The first kappa shape index (κ1) is 32.0. The van der Waals surface area contributed by atoms with Gasteiger partial charge in [-0.05, 0) is 101 Å². The molecule has 2 fully saturated rings. The first-order valence-corrected chi connectivity index (χ1v) is 21.0. The highest BCUT2D eigenvalue weighted by molar-refractivity contribution is 6.10. The van der Waals surface area contributed by atoms with E-state index in [4.69, 9.17) is 14.4 Å². The Bertz CT molecular complexity index is 2650. The van der Waals surface area contributed by atoms with Crippen LogP contribution in [0.5, 0.6) is 0 Å². The lowest BCUT2D eigenvalue weighted by atomic mass is 9.57. The number of aromatic nitrogens is 2. The van der Waals surface area contributed by atoms with Crippen LogP contribution in [0.3, 0.4) is 0 Å². The van der Waals surface area contributed by atoms with Crippen molar-refractivity contribution >= 4 is 27.6 Å². The minimum Gasteiger partial charge on any atom is -0.438 e. The van der Waals surface area contributed by atoms with Gasteiger partial charge >= 0.3 is 0 Å². The molecule has 3 atom stereocenters. The predicted octanol–water partition coefficient (Wildman–Crippen LogP) is 13.6. The summed E-state index contributed by atoms with van der Waals surface area (Å²) < 4.78 is 6.33. The lowest BCUT2D eigenvalue weighted by molar-refractivity contribution is 0.176. The zero-order valence-electron chi connectivity index (χ0n) is 31.4. The second-order valence-electron chi connectivity index (χ2n) is 17.4. The molecule has 5 aliphatic rings. The van der Waals surface area contributed by atoms with Crippen LogP contribution in [0.4, 0.5) is 0 Å². The standard InChI is InChI=1S/C52H46N2O/c1-4-14-34(15-5-1)48-47-38-17-7-9-19-46(38)55-50(47)54-49(53-48)35-22-20-33(21-23-35)36-24-25-43-39(30-36)41-32-44-40(31-45(41)52(43)28-12-3-13-29-52)37-16-6-8-18-42(37)51(44)26-10-2-11-27-51/h1,4-9,14-25,30,32,40,44-45H,2-3,10-13,26-29,31H2. The van der Waals surface area contributed by atoms with Gasteiger partial charge in [0, 0.05) is 27.3 Å². The molecule has 0 amide bonds. The molecule has 2 heterocycles. The molecule has 12 rings (SSSR count). The van der Waals surface area contributed by atoms with E-state index < -0.39 is 0 Å². The Morgan fingerprint density at radius 2 is 1.25 bits per heavy atom. The second kappa shape index (κ2) is 12.1. The van der Waals surface area contributed by atoms with Gasteiger partial charge in [0.1, 0.15) is 5.58 Å². The van der Waals surface area contributed by atoms with Gasteiger partial charge < -0.3 is 4.42 Å². The molecule has 0 saturated heterocycles. The van der Waals surface area contributed by atoms with Crippen molar-refractivity contribution in [3.8, 4) is 33.8 Å². The molecule has 270 valence electrons. The summed E-state index contributed by atoms with van der Waals surface area (Å²) in [5.74, 6) is 2.59. The maximum atomic E-state index is 6.33. The van der Waals surface area contributed by atoms with Crippen LogP contribution in [0, 0.1) is 11.8 Å². The summed E-state index contributed by atoms with van der Waals surface area (Å²) in [4.78, 5) is 10.2. The zero-order chi connectivity index (χ0) is 36.1. The monoisotopic (exact) mass is 714 g/mol. The largest absolute Gasteiger partial charge is 0.438 e. The normalized spacial score (nSPS) is 23.1. The highest BCUT2D eigenvalue weighted by Gasteiger charge is 2.58. The van der Waals surface area contributed by atoms with Crippen LogP contribution in [-0.2, 0) is 10.8 Å². The molecule has 2 spiro atoms. The molecular formula is C52H46N2O. The van der Waals surface area contributed by atoms with Crippen molar-refractivity contribution in [1.82, 2.24) is 9.97 Å². The van der Waals surface area contributed by atoms with E-state index in [0.717, 1.165) is 33.2 Å². The number of furan rings is 1. The maximum absolute atomic E-state index is 6.33. The quantitative estimate of drug-likeness (QED) is 0.183. The minimum absolute atomic E-state index is 0.285. The molecule has 5 aliphatic carbocycles. The Hall–Kier alpha value is -5.28. The number of benzene rings is 5. The van der Waals surface area contributed by atoms with Crippen molar-refractivity contribution in [3.05, 3.63) is 150 Å². The fraction of sp³-hybridized carbons (Fsp3) is 0.308. The first-order chi connectivity index (χ1) is 27.2. The molecule has 2 aromatic heterocycles. The molecule has 3 unspecified atom stereocenters. The van der Waals surface area contributed by atoms with Gasteiger partial charge in [0.15, 0.2) is 5.82 Å². The highest BCUT2D eigenvalue weighted by Crippen LogP contribution is 2.68. The summed E-state index contributed by atoms with van der Waals surface area (Å²) in [5, 5.41) is 2.01. The van der Waals surface area contributed by atoms with E-state index in [2.05, 4.69) is 109 Å². The molecule has 2 saturated carbocycles. The van der Waals surface area contributed by atoms with Gasteiger partial charge in [0.25, 0.3) is 0 Å². The molecule has 55 heavy (non-hydrogen) atoms. The van der Waals surface area contributed by atoms with Crippen LogP contribution in [0.1, 0.15) is 98.8 Å². The topological polar surface area (TPSA) is 38.9 Å². The summed E-state index contributed by atoms with van der Waals surface area (Å²) >= 11 is 0. The lowest BCUT2D eigenvalue weighted by Gasteiger charge is -2.46. The van der Waals surface area contributed by atoms with Crippen LogP contribution in [0.25, 0.3) is 61.4 Å². The predicted molar refractivity (Wildman–Crippen MR) is 224 cm³/mol. The van der Waals surface area contributed by atoms with E-state index in [1.54, 1.807) is 27.8 Å². The number of allylic oxidation sites excluding steroid dienone is 2. The third kappa shape index (κ3) is 4.62. The van der Waals surface area contributed by atoms with Gasteiger partial charge in [-0.25, -0.2) is 4.98 Å². The second-order valence-corrected chi connectivity index (χ2v) is 17.4. The summed E-state index contributed by atoms with van der Waals surface area (Å²) in [6.45, 7) is 0. The number of rotatable bonds is 3. The van der Waals surface area contributed by atoms with Crippen LogP contribution < -0.4 is 0 Å². The average Bonchev–Trinajstić information content (AvgIpc) is 3.85. The van der Waals surface area contributed by atoms with Gasteiger partial charge in [-0.1, -0.05) is 154 Å². The van der Waals surface area contributed by atoms with Crippen LogP contribution >= 0.6 is 0 Å². The van der Waals surface area contributed by atoms with Crippen molar-refractivity contribution in [2.45, 2.75) is 87.4 Å². The zero-order valence-corrected chi connectivity index (χ0v) is 31.4. The smallest absolute Gasteiger partial charge is 0.231 e. The SMILES string of the molecule is C1=C2c3cc(-c4ccc(-c5nc(-c6ccccc6)c6c(n5)oc5ccccc56)cc4)ccc3C3(CCCCC3)C2CC2c3ccccc3C3(CCCCC3)C12. The number of fused-ring (bicyclic) bond motifs is 13. The molecular weight excluding hydrogens is 669 g/mol. The number of hydrogen-bond donors (Lipinski definition) is 0. The minimum atomic E-state index is 0.285. The summed E-state index contributed by atoms with van der Waals surface area (Å²) in [6.07, 6.45) is 17.8. The van der Waals surface area contributed by atoms with Crippen LogP contribution in [0.15, 0.2) is 132 Å². The number of para-hydroxylation sites is 1. The summed E-state index contributed by atoms with van der Waals surface area (Å²) in [7, 11) is 0. The Balaban J connectivity index is 0.951. The van der Waals surface area contributed by atoms with Crippen LogP contribution in [-0.4, -0.2) is 9.97 Å². The fourth-order valence-corrected chi connectivity index (χ4v) is 12.6. The number of hydrogen-bond acceptors (Lipinski definition) is 3. The van der Waals surface area contributed by atoms with Crippen molar-refractivity contribution in [2.24, 2.45) is 11.8 Å². The van der Waals surface area contributed by atoms with Crippen molar-refractivity contribution in [2.75, 3.05) is 0 Å². The molecule has 0 radical (unpaired) electrons. The van der Waals surface area contributed by atoms with Crippen molar-refractivity contribution < 1.29 is 4.42 Å². The summed E-state index contributed by atoms with van der Waals surface area (Å²) in [6, 6.07) is 44.7. The molecule has 0 aliphatic heterocycles. The molecule has 0 N–H and O–H groups in total. The van der Waals surface area contributed by atoms with Gasteiger partial charge in [-0.15, -0.1) is 0 Å². The van der Waals surface area contributed by atoms with Crippen molar-refractivity contribution in [1.29, 1.82) is 0 Å². The van der Waals surface area contributed by atoms with Gasteiger partial charge in [-0.3, -0.25) is 0 Å². The average molecular weight is 715 g/mol. The molecule has 7 aromatic rings. The molecule has 3 nitrogen and oxygen atoms in total. The Morgan fingerprint density at radius 1 is 0.564 bits per heavy atom. The Labute approximate surface area is 323 Å². The first-order valence-electron chi connectivity index (χ1n) is 21.0. The van der Waals surface area contributed by atoms with Gasteiger partial charge in [-0.2, -0.15) is 4.98 Å². The third-order valence-corrected chi connectivity index (χ3v) is 15.0. The van der Waals surface area contributed by atoms with E-state index >= 15 is 0 Å². The van der Waals surface area contributed by atoms with Gasteiger partial charge in [0.05, 0.1) is 11.1 Å². The third-order valence-electron chi connectivity index (χ3n) is 15.0. The number of nitrogens with zero attached hydrogens (tertiary/aromatic N) is 2.